The Morgan fingerprint density at radius 2 is 1.49 bits per heavy atom. The average Bonchev–Trinajstić information content (AvgIpc) is 3.71. The summed E-state index contributed by atoms with van der Waals surface area (Å²) in [6.07, 6.45) is 12.0. The molecule has 0 saturated carbocycles. The number of hydrogen-bond acceptors (Lipinski definition) is 13. The van der Waals surface area contributed by atoms with E-state index in [1.165, 1.54) is 94.8 Å². The molecule has 322 valence electrons. The zero-order valence-electron chi connectivity index (χ0n) is 33.0. The molecule has 19 heteroatoms. The number of hydrogen-bond donors (Lipinski definition) is 4. The fraction of sp³-hybridized carbons (Fsp3) is 0.737. The molecule has 15 nitrogen and oxygen atoms in total. The van der Waals surface area contributed by atoms with Crippen molar-refractivity contribution in [3.8, 4) is 0 Å². The van der Waals surface area contributed by atoms with Crippen LogP contribution < -0.4 is 5.73 Å². The van der Waals surface area contributed by atoms with Crippen LogP contribution in [0.1, 0.15) is 134 Å². The Hall–Kier alpha value is -2.80. The third-order valence-corrected chi connectivity index (χ3v) is 11.0. The molecule has 1 aliphatic rings. The van der Waals surface area contributed by atoms with Crippen molar-refractivity contribution in [2.24, 2.45) is 0 Å². The lowest BCUT2D eigenvalue weighted by Gasteiger charge is -2.27. The molecular formula is C38H60F3N6O9P. The Labute approximate surface area is 332 Å². The summed E-state index contributed by atoms with van der Waals surface area (Å²) in [5.41, 5.74) is 5.15. The normalized spacial score (nSPS) is 21.6. The molecule has 5 N–H and O–H groups in total. The van der Waals surface area contributed by atoms with Crippen LogP contribution in [0.15, 0.2) is 30.9 Å². The molecule has 6 atom stereocenters. The molecule has 3 aromatic heterocycles. The average molecular weight is 833 g/mol. The Bertz CT molecular complexity index is 1660. The smallest absolute Gasteiger partial charge is 0.387 e. The number of rotatable bonds is 28. The number of nitrogens with two attached hydrogens (primary N) is 1. The molecule has 1 fully saturated rings. The van der Waals surface area contributed by atoms with Crippen molar-refractivity contribution < 1.29 is 56.1 Å². The molecule has 4 rings (SSSR count). The van der Waals surface area contributed by atoms with Gasteiger partial charge in [-0.1, -0.05) is 103 Å². The number of unbranched alkanes of at least 4 members (excludes halogenated alkanes) is 15. The molecule has 0 bridgehead atoms. The minimum atomic E-state index is -4.98. The lowest BCUT2D eigenvalue weighted by atomic mass is 9.94. The number of phosphoric acid groups is 1. The maximum Gasteiger partial charge on any atom is 0.474 e. The van der Waals surface area contributed by atoms with Crippen LogP contribution in [0.3, 0.4) is 0 Å². The first-order valence-corrected chi connectivity index (χ1v) is 21.6. The minimum absolute atomic E-state index is 0.0775. The van der Waals surface area contributed by atoms with E-state index in [0.717, 1.165) is 38.1 Å². The van der Waals surface area contributed by atoms with E-state index in [4.69, 9.17) is 29.0 Å². The molecule has 1 unspecified atom stereocenters. The molecule has 0 amide bonds. The summed E-state index contributed by atoms with van der Waals surface area (Å²) in [5, 5.41) is 25.9. The third-order valence-electron chi connectivity index (χ3n) is 10.1. The van der Waals surface area contributed by atoms with Crippen molar-refractivity contribution >= 4 is 19.2 Å². The lowest BCUT2D eigenvalue weighted by molar-refractivity contribution is -0.157. The summed E-state index contributed by atoms with van der Waals surface area (Å²) in [6.45, 7) is 3.20. The van der Waals surface area contributed by atoms with E-state index in [2.05, 4.69) is 27.0 Å². The van der Waals surface area contributed by atoms with E-state index in [1.54, 1.807) is 12.1 Å². The van der Waals surface area contributed by atoms with Crippen molar-refractivity contribution in [2.45, 2.75) is 160 Å². The number of fused-ring (bicyclic) bond motifs is 1. The van der Waals surface area contributed by atoms with E-state index < -0.39 is 56.6 Å². The standard InChI is InChI=1S/C38H60F3N6O9P/c1-3-4-5-6-7-8-9-10-11-12-13-14-15-16-17-18-21-52-25-29(53-24-28-22-43-36(44-23-28)38(39,40)41)26-54-57(50,51)56-35-32(48)33(49)37(2,55-35)31-20-19-30-34(42)45-27-46-47(30)31/h19-20,22-23,27,29,32-33,35,48-49H,3-18,21,24-26H2,1-2H3,(H,50,51)(H2,42,45,46)/t29-,32+,33-,35-,37+/m1/s1. The van der Waals surface area contributed by atoms with Crippen molar-refractivity contribution in [2.75, 3.05) is 25.6 Å². The lowest BCUT2D eigenvalue weighted by Crippen LogP contribution is -2.39. The van der Waals surface area contributed by atoms with Gasteiger partial charge in [0.25, 0.3) is 0 Å². The van der Waals surface area contributed by atoms with Gasteiger partial charge in [0.05, 0.1) is 25.5 Å². The second-order valence-corrected chi connectivity index (χ2v) is 16.2. The minimum Gasteiger partial charge on any atom is -0.387 e. The fourth-order valence-corrected chi connectivity index (χ4v) is 7.57. The van der Waals surface area contributed by atoms with Gasteiger partial charge in [-0.25, -0.2) is 24.0 Å². The molecule has 1 saturated heterocycles. The number of aliphatic hydroxyl groups is 2. The van der Waals surface area contributed by atoms with E-state index in [0.29, 0.717) is 12.1 Å². The number of nitrogen functional groups attached to an aromatic ring is 1. The van der Waals surface area contributed by atoms with Crippen molar-refractivity contribution in [3.05, 3.63) is 47.9 Å². The van der Waals surface area contributed by atoms with E-state index in [-0.39, 0.29) is 30.3 Å². The number of alkyl halides is 3. The van der Waals surface area contributed by atoms with E-state index in [1.807, 2.05) is 0 Å². The van der Waals surface area contributed by atoms with Crippen LogP contribution in [0.2, 0.25) is 0 Å². The molecular weight excluding hydrogens is 772 g/mol. The monoisotopic (exact) mass is 832 g/mol. The highest BCUT2D eigenvalue weighted by atomic mass is 31.2. The third kappa shape index (κ3) is 14.8. The van der Waals surface area contributed by atoms with Gasteiger partial charge < -0.3 is 35.1 Å². The highest BCUT2D eigenvalue weighted by molar-refractivity contribution is 7.47. The largest absolute Gasteiger partial charge is 0.474 e. The van der Waals surface area contributed by atoms with Gasteiger partial charge in [-0.05, 0) is 25.5 Å². The Balaban J connectivity index is 1.20. The molecule has 0 aliphatic carbocycles. The van der Waals surface area contributed by atoms with E-state index >= 15 is 0 Å². The second-order valence-electron chi connectivity index (χ2n) is 14.8. The number of halogens is 3. The topological polar surface area (TPSA) is 206 Å². The summed E-state index contributed by atoms with van der Waals surface area (Å²) in [6, 6.07) is 3.14. The molecule has 0 spiro atoms. The molecule has 0 radical (unpaired) electrons. The van der Waals surface area contributed by atoms with Gasteiger partial charge in [0.15, 0.2) is 12.1 Å². The van der Waals surface area contributed by atoms with Crippen molar-refractivity contribution in [3.63, 3.8) is 0 Å². The molecule has 0 aromatic carbocycles. The summed E-state index contributed by atoms with van der Waals surface area (Å²) < 4.78 is 81.0. The highest BCUT2D eigenvalue weighted by Gasteiger charge is 2.56. The molecule has 57 heavy (non-hydrogen) atoms. The van der Waals surface area contributed by atoms with Gasteiger partial charge >= 0.3 is 14.0 Å². The number of phosphoric ester groups is 1. The predicted molar refractivity (Wildman–Crippen MR) is 204 cm³/mol. The SMILES string of the molecule is CCCCCCCCCCCCCCCCCCOC[C@H](COP(=O)(O)O[C@H]1O[C@@](C)(c2ccc3c(N)ncnn23)[C@H](O)[C@@H]1O)OCc1cnc(C(F)(F)F)nc1. The van der Waals surface area contributed by atoms with Crippen LogP contribution in [-0.2, 0) is 46.2 Å². The van der Waals surface area contributed by atoms with Crippen LogP contribution in [0.5, 0.6) is 0 Å². The predicted octanol–water partition coefficient (Wildman–Crippen LogP) is 7.41. The molecule has 3 aromatic rings. The van der Waals surface area contributed by atoms with Crippen LogP contribution in [-0.4, -0.2) is 84.1 Å². The second kappa shape index (κ2) is 23.1. The fourth-order valence-electron chi connectivity index (χ4n) is 6.72. The van der Waals surface area contributed by atoms with Crippen LogP contribution in [0.25, 0.3) is 5.52 Å². The Morgan fingerprint density at radius 1 is 0.912 bits per heavy atom. The first-order chi connectivity index (χ1) is 27.2. The van der Waals surface area contributed by atoms with Gasteiger partial charge in [0, 0.05) is 24.6 Å². The zero-order valence-corrected chi connectivity index (χ0v) is 33.9. The Kier molecular flexibility index (Phi) is 19.0. The van der Waals surface area contributed by atoms with Gasteiger partial charge in [0.1, 0.15) is 35.8 Å². The summed E-state index contributed by atoms with van der Waals surface area (Å²) in [5.74, 6) is -1.14. The summed E-state index contributed by atoms with van der Waals surface area (Å²) in [4.78, 5) is 21.2. The maximum atomic E-state index is 13.1. The number of aromatic nitrogens is 5. The number of aliphatic hydroxyl groups excluding tert-OH is 2. The summed E-state index contributed by atoms with van der Waals surface area (Å²) >= 11 is 0. The quantitative estimate of drug-likeness (QED) is 0.0416. The first kappa shape index (κ1) is 46.9. The van der Waals surface area contributed by atoms with Crippen LogP contribution in [0.4, 0.5) is 19.0 Å². The van der Waals surface area contributed by atoms with Crippen molar-refractivity contribution in [1.82, 2.24) is 24.6 Å². The van der Waals surface area contributed by atoms with Crippen LogP contribution in [0, 0.1) is 0 Å². The number of nitrogens with zero attached hydrogens (tertiary/aromatic N) is 5. The summed E-state index contributed by atoms with van der Waals surface area (Å²) in [7, 11) is -4.98. The van der Waals surface area contributed by atoms with Gasteiger partial charge in [0.2, 0.25) is 5.82 Å². The zero-order chi connectivity index (χ0) is 41.3. The first-order valence-electron chi connectivity index (χ1n) is 20.1. The molecule has 1 aliphatic heterocycles. The number of anilines is 1. The number of ether oxygens (including phenoxy) is 3. The van der Waals surface area contributed by atoms with Gasteiger partial charge in [-0.15, -0.1) is 0 Å². The van der Waals surface area contributed by atoms with E-state index in [9.17, 15) is 32.8 Å². The van der Waals surface area contributed by atoms with Crippen molar-refractivity contribution in [1.29, 1.82) is 0 Å². The Morgan fingerprint density at radius 3 is 2.07 bits per heavy atom. The van der Waals surface area contributed by atoms with Gasteiger partial charge in [-0.2, -0.15) is 18.3 Å². The molecule has 4 heterocycles. The van der Waals surface area contributed by atoms with Gasteiger partial charge in [-0.3, -0.25) is 9.05 Å². The highest BCUT2D eigenvalue weighted by Crippen LogP contribution is 2.50. The maximum absolute atomic E-state index is 13.1. The van der Waals surface area contributed by atoms with Crippen LogP contribution >= 0.6 is 7.82 Å².